The molecule has 0 radical (unpaired) electrons. The number of hydrogen-bond acceptors (Lipinski definition) is 3. The lowest BCUT2D eigenvalue weighted by atomic mass is 9.87. The van der Waals surface area contributed by atoms with Gasteiger partial charge in [0.2, 0.25) is 5.91 Å². The van der Waals surface area contributed by atoms with Crippen LogP contribution in [0.4, 0.5) is 8.78 Å². The molecular formula is C19H25ClF2N2O2. The standard InChI is InChI=1S/C19H24F2N2O2.ClH/c20-14-4-5-17(21)16(10-14)18(24)12-6-8-23(9-7-12)19(25)15-3-1-2-13(15)11-22;/h4-5,10,12-13,15H,1-3,6-9,11,22H2;1H/t13-,15-;/m1./s1. The van der Waals surface area contributed by atoms with Gasteiger partial charge in [0.1, 0.15) is 11.6 Å². The van der Waals surface area contributed by atoms with Crippen molar-refractivity contribution in [1.29, 1.82) is 0 Å². The number of hydrogen-bond donors (Lipinski definition) is 1. The molecule has 1 heterocycles. The van der Waals surface area contributed by atoms with Gasteiger partial charge in [-0.1, -0.05) is 6.42 Å². The zero-order valence-electron chi connectivity index (χ0n) is 14.6. The lowest BCUT2D eigenvalue weighted by Crippen LogP contribution is -2.44. The molecule has 0 bridgehead atoms. The Morgan fingerprint density at radius 2 is 1.81 bits per heavy atom. The summed E-state index contributed by atoms with van der Waals surface area (Å²) in [7, 11) is 0. The number of nitrogens with two attached hydrogens (primary N) is 1. The zero-order valence-corrected chi connectivity index (χ0v) is 15.4. The van der Waals surface area contributed by atoms with Crippen molar-refractivity contribution >= 4 is 24.1 Å². The highest BCUT2D eigenvalue weighted by molar-refractivity contribution is 5.98. The second-order valence-electron chi connectivity index (χ2n) is 7.12. The number of nitrogens with zero attached hydrogens (tertiary/aromatic N) is 1. The van der Waals surface area contributed by atoms with Crippen molar-refractivity contribution in [2.75, 3.05) is 19.6 Å². The van der Waals surface area contributed by atoms with E-state index in [4.69, 9.17) is 5.73 Å². The Kier molecular flexibility index (Phi) is 7.12. The third-order valence-corrected chi connectivity index (χ3v) is 5.65. The quantitative estimate of drug-likeness (QED) is 0.808. The molecule has 4 nitrogen and oxygen atoms in total. The molecule has 0 aromatic heterocycles. The summed E-state index contributed by atoms with van der Waals surface area (Å²) in [6.45, 7) is 1.50. The number of carbonyl (C=O) groups is 2. The average Bonchev–Trinajstić information content (AvgIpc) is 3.11. The first-order valence-corrected chi connectivity index (χ1v) is 8.99. The maximum atomic E-state index is 13.8. The van der Waals surface area contributed by atoms with E-state index < -0.39 is 11.6 Å². The van der Waals surface area contributed by atoms with Gasteiger partial charge in [0, 0.05) is 24.9 Å². The first kappa shape index (κ1) is 20.8. The molecule has 2 fully saturated rings. The minimum absolute atomic E-state index is 0. The van der Waals surface area contributed by atoms with Crippen LogP contribution in [0.3, 0.4) is 0 Å². The summed E-state index contributed by atoms with van der Waals surface area (Å²) in [6.07, 6.45) is 3.89. The second kappa shape index (κ2) is 8.91. The summed E-state index contributed by atoms with van der Waals surface area (Å²) in [6, 6.07) is 2.94. The number of benzene rings is 1. The molecule has 0 unspecified atom stereocenters. The lowest BCUT2D eigenvalue weighted by molar-refractivity contribution is -0.137. The minimum atomic E-state index is -0.693. The molecule has 2 N–H and O–H groups in total. The molecule has 2 atom stereocenters. The van der Waals surface area contributed by atoms with Crippen molar-refractivity contribution in [1.82, 2.24) is 4.90 Å². The molecule has 0 spiro atoms. The van der Waals surface area contributed by atoms with Crippen molar-refractivity contribution in [3.05, 3.63) is 35.4 Å². The Hall–Kier alpha value is -1.53. The Balaban J connectivity index is 0.00000243. The van der Waals surface area contributed by atoms with Crippen LogP contribution in [0.5, 0.6) is 0 Å². The van der Waals surface area contributed by atoms with Crippen LogP contribution < -0.4 is 5.73 Å². The van der Waals surface area contributed by atoms with E-state index in [1.54, 1.807) is 0 Å². The van der Waals surface area contributed by atoms with Gasteiger partial charge >= 0.3 is 0 Å². The predicted octanol–water partition coefficient (Wildman–Crippen LogP) is 3.18. The van der Waals surface area contributed by atoms with Crippen molar-refractivity contribution in [2.45, 2.75) is 32.1 Å². The smallest absolute Gasteiger partial charge is 0.226 e. The summed E-state index contributed by atoms with van der Waals surface area (Å²) < 4.78 is 27.1. The van der Waals surface area contributed by atoms with Crippen LogP contribution >= 0.6 is 12.4 Å². The fraction of sp³-hybridized carbons (Fsp3) is 0.579. The van der Waals surface area contributed by atoms with E-state index >= 15 is 0 Å². The molecule has 1 saturated carbocycles. The van der Waals surface area contributed by atoms with E-state index in [0.29, 0.717) is 32.5 Å². The molecule has 1 aliphatic carbocycles. The first-order valence-electron chi connectivity index (χ1n) is 8.99. The number of Topliss-reactive ketones (excluding diaryl/α,β-unsaturated/α-hetero) is 1. The van der Waals surface area contributed by atoms with Crippen molar-refractivity contribution in [3.63, 3.8) is 0 Å². The number of amides is 1. The fourth-order valence-electron chi connectivity index (χ4n) is 4.15. The fourth-order valence-corrected chi connectivity index (χ4v) is 4.15. The normalized spacial score (nSPS) is 23.6. The molecular weight excluding hydrogens is 362 g/mol. The molecule has 1 saturated heterocycles. The summed E-state index contributed by atoms with van der Waals surface area (Å²) >= 11 is 0. The molecule has 1 aliphatic heterocycles. The van der Waals surface area contributed by atoms with Gasteiger partial charge in [0.15, 0.2) is 5.78 Å². The molecule has 26 heavy (non-hydrogen) atoms. The molecule has 7 heteroatoms. The summed E-state index contributed by atoms with van der Waals surface area (Å²) in [5.74, 6) is -1.66. The predicted molar refractivity (Wildman–Crippen MR) is 97.1 cm³/mol. The third-order valence-electron chi connectivity index (χ3n) is 5.65. The van der Waals surface area contributed by atoms with Gasteiger partial charge in [-0.15, -0.1) is 12.4 Å². The van der Waals surface area contributed by atoms with Gasteiger partial charge in [-0.2, -0.15) is 0 Å². The third kappa shape index (κ3) is 4.23. The number of piperidine rings is 1. The van der Waals surface area contributed by atoms with Crippen LogP contribution in [0, 0.1) is 29.4 Å². The topological polar surface area (TPSA) is 63.4 Å². The Morgan fingerprint density at radius 3 is 2.46 bits per heavy atom. The molecule has 3 rings (SSSR count). The Bertz CT molecular complexity index is 663. The van der Waals surface area contributed by atoms with E-state index in [2.05, 4.69) is 0 Å². The second-order valence-corrected chi connectivity index (χ2v) is 7.12. The number of likely N-dealkylation sites (tertiary alicyclic amines) is 1. The molecule has 144 valence electrons. The van der Waals surface area contributed by atoms with Crippen LogP contribution in [0.1, 0.15) is 42.5 Å². The lowest BCUT2D eigenvalue weighted by Gasteiger charge is -2.34. The maximum absolute atomic E-state index is 13.8. The van der Waals surface area contributed by atoms with E-state index in [1.807, 2.05) is 4.90 Å². The maximum Gasteiger partial charge on any atom is 0.226 e. The van der Waals surface area contributed by atoms with Crippen molar-refractivity contribution in [3.8, 4) is 0 Å². The van der Waals surface area contributed by atoms with Gasteiger partial charge in [0.05, 0.1) is 5.56 Å². The van der Waals surface area contributed by atoms with Crippen molar-refractivity contribution in [2.24, 2.45) is 23.5 Å². The van der Waals surface area contributed by atoms with Crippen LogP contribution in [0.25, 0.3) is 0 Å². The molecule has 2 aliphatic rings. The zero-order chi connectivity index (χ0) is 18.0. The van der Waals surface area contributed by atoms with Crippen LogP contribution in [0.2, 0.25) is 0 Å². The summed E-state index contributed by atoms with van der Waals surface area (Å²) in [5.41, 5.74) is 5.57. The first-order chi connectivity index (χ1) is 12.0. The average molecular weight is 387 g/mol. The SMILES string of the molecule is Cl.NC[C@H]1CCC[C@H]1C(=O)N1CCC(C(=O)c2cc(F)ccc2F)CC1. The largest absolute Gasteiger partial charge is 0.342 e. The summed E-state index contributed by atoms with van der Waals surface area (Å²) in [4.78, 5) is 27.0. The van der Waals surface area contributed by atoms with E-state index in [0.717, 1.165) is 37.5 Å². The monoisotopic (exact) mass is 386 g/mol. The van der Waals surface area contributed by atoms with Gasteiger partial charge in [0.25, 0.3) is 0 Å². The highest BCUT2D eigenvalue weighted by Crippen LogP contribution is 2.33. The number of carbonyl (C=O) groups excluding carboxylic acids is 2. The van der Waals surface area contributed by atoms with Crippen LogP contribution in [0.15, 0.2) is 18.2 Å². The summed E-state index contributed by atoms with van der Waals surface area (Å²) in [5, 5.41) is 0. The van der Waals surface area contributed by atoms with Gasteiger partial charge in [-0.05, 0) is 56.3 Å². The van der Waals surface area contributed by atoms with Gasteiger partial charge < -0.3 is 10.6 Å². The van der Waals surface area contributed by atoms with E-state index in [1.165, 1.54) is 0 Å². The molecule has 1 amide bonds. The Morgan fingerprint density at radius 1 is 1.12 bits per heavy atom. The number of rotatable bonds is 4. The highest BCUT2D eigenvalue weighted by atomic mass is 35.5. The van der Waals surface area contributed by atoms with E-state index in [-0.39, 0.29) is 47.4 Å². The van der Waals surface area contributed by atoms with Crippen LogP contribution in [-0.2, 0) is 4.79 Å². The number of ketones is 1. The molecule has 1 aromatic carbocycles. The van der Waals surface area contributed by atoms with Crippen LogP contribution in [-0.4, -0.2) is 36.2 Å². The highest BCUT2D eigenvalue weighted by Gasteiger charge is 2.37. The Labute approximate surface area is 158 Å². The molecule has 1 aromatic rings. The van der Waals surface area contributed by atoms with Gasteiger partial charge in [-0.25, -0.2) is 8.78 Å². The minimum Gasteiger partial charge on any atom is -0.342 e. The number of halogens is 3. The van der Waals surface area contributed by atoms with E-state index in [9.17, 15) is 18.4 Å². The van der Waals surface area contributed by atoms with Crippen molar-refractivity contribution < 1.29 is 18.4 Å². The van der Waals surface area contributed by atoms with Gasteiger partial charge in [-0.3, -0.25) is 9.59 Å².